The van der Waals surface area contributed by atoms with Crippen LogP contribution >= 0.6 is 15.9 Å². The van der Waals surface area contributed by atoms with Crippen molar-refractivity contribution in [1.82, 2.24) is 15.0 Å². The van der Waals surface area contributed by atoms with Gasteiger partial charge in [-0.05, 0) is 36.8 Å². The number of rotatable bonds is 3. The van der Waals surface area contributed by atoms with E-state index in [9.17, 15) is 0 Å². The van der Waals surface area contributed by atoms with Crippen molar-refractivity contribution in [3.8, 4) is 0 Å². The van der Waals surface area contributed by atoms with Crippen LogP contribution in [0.2, 0.25) is 0 Å². The van der Waals surface area contributed by atoms with E-state index in [1.165, 1.54) is 0 Å². The highest BCUT2D eigenvalue weighted by atomic mass is 79.9. The number of nitrogens with one attached hydrogen (secondary N) is 1. The number of halogens is 1. The molecule has 3 aromatic rings. The van der Waals surface area contributed by atoms with Gasteiger partial charge in [0.15, 0.2) is 0 Å². The van der Waals surface area contributed by atoms with Gasteiger partial charge in [0, 0.05) is 22.8 Å². The van der Waals surface area contributed by atoms with Crippen LogP contribution in [0.25, 0.3) is 11.0 Å². The largest absolute Gasteiger partial charge is 0.342 e. The smallest absolute Gasteiger partial charge is 0.107 e. The molecule has 1 aromatic carbocycles. The summed E-state index contributed by atoms with van der Waals surface area (Å²) in [4.78, 5) is 12.2. The topological polar surface area (TPSA) is 41.6 Å². The SMILES string of the molecule is Brc1ccc2nc(CCc3ccccn3)[nH]c2c1. The normalized spacial score (nSPS) is 10.9. The number of hydrogen-bond acceptors (Lipinski definition) is 2. The molecule has 3 rings (SSSR count). The molecular formula is C14H12BrN3. The Kier molecular flexibility index (Phi) is 3.11. The molecule has 3 nitrogen and oxygen atoms in total. The summed E-state index contributed by atoms with van der Waals surface area (Å²) in [5.41, 5.74) is 3.17. The molecule has 2 aromatic heterocycles. The van der Waals surface area contributed by atoms with Gasteiger partial charge >= 0.3 is 0 Å². The molecule has 90 valence electrons. The number of pyridine rings is 1. The first-order chi connectivity index (χ1) is 8.81. The van der Waals surface area contributed by atoms with Crippen molar-refractivity contribution >= 4 is 27.0 Å². The Morgan fingerprint density at radius 3 is 2.89 bits per heavy atom. The number of aryl methyl sites for hydroxylation is 2. The van der Waals surface area contributed by atoms with Crippen LogP contribution in [0.3, 0.4) is 0 Å². The van der Waals surface area contributed by atoms with Crippen molar-refractivity contribution in [2.45, 2.75) is 12.8 Å². The third-order valence-corrected chi connectivity index (χ3v) is 3.33. The molecule has 1 N–H and O–H groups in total. The van der Waals surface area contributed by atoms with Gasteiger partial charge in [0.2, 0.25) is 0 Å². The van der Waals surface area contributed by atoms with Gasteiger partial charge in [0.05, 0.1) is 11.0 Å². The number of aromatic nitrogens is 3. The van der Waals surface area contributed by atoms with Crippen molar-refractivity contribution in [2.24, 2.45) is 0 Å². The van der Waals surface area contributed by atoms with E-state index < -0.39 is 0 Å². The number of hydrogen-bond donors (Lipinski definition) is 1. The minimum atomic E-state index is 0.878. The maximum absolute atomic E-state index is 4.56. The molecule has 0 radical (unpaired) electrons. The van der Waals surface area contributed by atoms with Crippen molar-refractivity contribution in [3.63, 3.8) is 0 Å². The molecule has 0 aliphatic rings. The number of imidazole rings is 1. The Labute approximate surface area is 113 Å². The van der Waals surface area contributed by atoms with Gasteiger partial charge in [0.1, 0.15) is 5.82 Å². The lowest BCUT2D eigenvalue weighted by Crippen LogP contribution is -1.95. The molecule has 4 heteroatoms. The summed E-state index contributed by atoms with van der Waals surface area (Å²) in [6.07, 6.45) is 3.61. The van der Waals surface area contributed by atoms with Crippen LogP contribution in [0.5, 0.6) is 0 Å². The highest BCUT2D eigenvalue weighted by molar-refractivity contribution is 9.10. The van der Waals surface area contributed by atoms with Crippen LogP contribution < -0.4 is 0 Å². The quantitative estimate of drug-likeness (QED) is 0.804. The lowest BCUT2D eigenvalue weighted by atomic mass is 10.2. The van der Waals surface area contributed by atoms with Crippen molar-refractivity contribution in [2.75, 3.05) is 0 Å². The number of fused-ring (bicyclic) bond motifs is 1. The second-order valence-electron chi connectivity index (χ2n) is 4.17. The second-order valence-corrected chi connectivity index (χ2v) is 5.08. The number of H-pyrrole nitrogens is 1. The van der Waals surface area contributed by atoms with Crippen LogP contribution in [0.15, 0.2) is 47.1 Å². The fourth-order valence-corrected chi connectivity index (χ4v) is 2.31. The van der Waals surface area contributed by atoms with Crippen molar-refractivity contribution in [1.29, 1.82) is 0 Å². The zero-order valence-corrected chi connectivity index (χ0v) is 11.3. The van der Waals surface area contributed by atoms with E-state index >= 15 is 0 Å². The fraction of sp³-hybridized carbons (Fsp3) is 0.143. The molecule has 0 saturated carbocycles. The van der Waals surface area contributed by atoms with Crippen molar-refractivity contribution in [3.05, 3.63) is 58.6 Å². The first-order valence-corrected chi connectivity index (χ1v) is 6.64. The van der Waals surface area contributed by atoms with Gasteiger partial charge in [0.25, 0.3) is 0 Å². The van der Waals surface area contributed by atoms with Gasteiger partial charge in [-0.2, -0.15) is 0 Å². The Hall–Kier alpha value is -1.68. The summed E-state index contributed by atoms with van der Waals surface area (Å²) in [6.45, 7) is 0. The Morgan fingerprint density at radius 1 is 1.11 bits per heavy atom. The van der Waals surface area contributed by atoms with E-state index in [2.05, 4.69) is 30.9 Å². The molecule has 0 saturated heterocycles. The highest BCUT2D eigenvalue weighted by Crippen LogP contribution is 2.18. The van der Waals surface area contributed by atoms with Crippen molar-refractivity contribution < 1.29 is 0 Å². The maximum atomic E-state index is 4.56. The fourth-order valence-electron chi connectivity index (χ4n) is 1.95. The second kappa shape index (κ2) is 4.90. The summed E-state index contributed by atoms with van der Waals surface area (Å²) in [7, 11) is 0. The van der Waals surface area contributed by atoms with E-state index in [1.807, 2.05) is 42.6 Å². The van der Waals surface area contributed by atoms with E-state index in [1.54, 1.807) is 0 Å². The Bertz CT molecular complexity index is 661. The molecule has 0 spiro atoms. The molecule has 0 fully saturated rings. The molecule has 18 heavy (non-hydrogen) atoms. The van der Waals surface area contributed by atoms with E-state index in [4.69, 9.17) is 0 Å². The van der Waals surface area contributed by atoms with Gasteiger partial charge < -0.3 is 4.98 Å². The highest BCUT2D eigenvalue weighted by Gasteiger charge is 2.03. The van der Waals surface area contributed by atoms with Crippen LogP contribution in [0.1, 0.15) is 11.5 Å². The van der Waals surface area contributed by atoms with Crippen LogP contribution in [-0.2, 0) is 12.8 Å². The third kappa shape index (κ3) is 2.43. The number of nitrogens with zero attached hydrogens (tertiary/aromatic N) is 2. The standard InChI is InChI=1S/C14H12BrN3/c15-10-4-6-12-13(9-10)18-14(17-12)7-5-11-3-1-2-8-16-11/h1-4,6,8-9H,5,7H2,(H,17,18). The summed E-state index contributed by atoms with van der Waals surface area (Å²) in [5.74, 6) is 1.01. The predicted molar refractivity (Wildman–Crippen MR) is 75.4 cm³/mol. The maximum Gasteiger partial charge on any atom is 0.107 e. The number of aromatic amines is 1. The van der Waals surface area contributed by atoms with Crippen LogP contribution in [0, 0.1) is 0 Å². The lowest BCUT2D eigenvalue weighted by Gasteiger charge is -1.96. The van der Waals surface area contributed by atoms with Crippen LogP contribution in [-0.4, -0.2) is 15.0 Å². The molecular weight excluding hydrogens is 290 g/mol. The minimum absolute atomic E-state index is 0.878. The first kappa shape index (κ1) is 11.4. The third-order valence-electron chi connectivity index (χ3n) is 2.84. The van der Waals surface area contributed by atoms with Gasteiger partial charge in [-0.25, -0.2) is 4.98 Å². The summed E-state index contributed by atoms with van der Waals surface area (Å²) < 4.78 is 1.06. The zero-order valence-electron chi connectivity index (χ0n) is 9.73. The molecule has 0 atom stereocenters. The average Bonchev–Trinajstić information content (AvgIpc) is 2.79. The average molecular weight is 302 g/mol. The lowest BCUT2D eigenvalue weighted by molar-refractivity contribution is 0.861. The van der Waals surface area contributed by atoms with E-state index in [0.717, 1.165) is 39.9 Å². The van der Waals surface area contributed by atoms with E-state index in [0.29, 0.717) is 0 Å². The number of benzene rings is 1. The van der Waals surface area contributed by atoms with Gasteiger partial charge in [-0.3, -0.25) is 4.98 Å². The molecule has 0 unspecified atom stereocenters. The van der Waals surface area contributed by atoms with Gasteiger partial charge in [-0.1, -0.05) is 22.0 Å². The van der Waals surface area contributed by atoms with Gasteiger partial charge in [-0.15, -0.1) is 0 Å². The molecule has 0 aliphatic heterocycles. The first-order valence-electron chi connectivity index (χ1n) is 5.85. The Balaban J connectivity index is 1.79. The van der Waals surface area contributed by atoms with Crippen LogP contribution in [0.4, 0.5) is 0 Å². The monoisotopic (exact) mass is 301 g/mol. The molecule has 2 heterocycles. The van der Waals surface area contributed by atoms with E-state index in [-0.39, 0.29) is 0 Å². The molecule has 0 amide bonds. The molecule has 0 bridgehead atoms. The minimum Gasteiger partial charge on any atom is -0.342 e. The molecule has 0 aliphatic carbocycles. The summed E-state index contributed by atoms with van der Waals surface area (Å²) >= 11 is 3.46. The summed E-state index contributed by atoms with van der Waals surface area (Å²) in [6, 6.07) is 12.1. The predicted octanol–water partition coefficient (Wildman–Crippen LogP) is 3.51. The Morgan fingerprint density at radius 2 is 2.06 bits per heavy atom. The zero-order chi connectivity index (χ0) is 12.4. The summed E-state index contributed by atoms with van der Waals surface area (Å²) in [5, 5.41) is 0.